The third-order valence-corrected chi connectivity index (χ3v) is 3.79. The highest BCUT2D eigenvalue weighted by Gasteiger charge is 2.29. The zero-order valence-electron chi connectivity index (χ0n) is 10.5. The molecule has 0 aliphatic heterocycles. The summed E-state index contributed by atoms with van der Waals surface area (Å²) >= 11 is 0. The number of aliphatic hydroxyl groups is 1. The second kappa shape index (κ2) is 5.83. The molecule has 17 heavy (non-hydrogen) atoms. The summed E-state index contributed by atoms with van der Waals surface area (Å²) in [5.74, 6) is 0.487. The van der Waals surface area contributed by atoms with E-state index in [9.17, 15) is 9.90 Å². The van der Waals surface area contributed by atoms with Gasteiger partial charge in [0.05, 0.1) is 5.60 Å². The van der Waals surface area contributed by atoms with Crippen LogP contribution < -0.4 is 10.6 Å². The van der Waals surface area contributed by atoms with Crippen LogP contribution in [0.1, 0.15) is 44.9 Å². The van der Waals surface area contributed by atoms with Crippen LogP contribution in [0.5, 0.6) is 0 Å². The third kappa shape index (κ3) is 4.28. The predicted octanol–water partition coefficient (Wildman–Crippen LogP) is 0.797. The van der Waals surface area contributed by atoms with E-state index in [1.165, 1.54) is 6.42 Å². The van der Waals surface area contributed by atoms with Gasteiger partial charge in [-0.2, -0.15) is 0 Å². The largest absolute Gasteiger partial charge is 0.389 e. The second-order valence-electron chi connectivity index (χ2n) is 5.53. The molecule has 4 nitrogen and oxygen atoms in total. The summed E-state index contributed by atoms with van der Waals surface area (Å²) in [6.07, 6.45) is 7.45. The molecule has 2 fully saturated rings. The lowest BCUT2D eigenvalue weighted by molar-refractivity contribution is -0.122. The minimum atomic E-state index is -0.501. The van der Waals surface area contributed by atoms with Crippen molar-refractivity contribution in [2.75, 3.05) is 19.6 Å². The Labute approximate surface area is 103 Å². The number of hydrogen-bond acceptors (Lipinski definition) is 3. The Morgan fingerprint density at radius 2 is 1.88 bits per heavy atom. The van der Waals surface area contributed by atoms with E-state index in [0.717, 1.165) is 45.1 Å². The van der Waals surface area contributed by atoms with Crippen molar-refractivity contribution in [2.45, 2.75) is 50.5 Å². The van der Waals surface area contributed by atoms with Crippen LogP contribution in [0.2, 0.25) is 0 Å². The molecule has 0 aromatic heterocycles. The van der Waals surface area contributed by atoms with Crippen LogP contribution in [0.25, 0.3) is 0 Å². The van der Waals surface area contributed by atoms with Gasteiger partial charge in [-0.15, -0.1) is 0 Å². The fourth-order valence-corrected chi connectivity index (χ4v) is 2.47. The van der Waals surface area contributed by atoms with Gasteiger partial charge < -0.3 is 15.7 Å². The molecule has 0 saturated heterocycles. The van der Waals surface area contributed by atoms with Crippen LogP contribution in [0.15, 0.2) is 0 Å². The maximum Gasteiger partial charge on any atom is 0.223 e. The summed E-state index contributed by atoms with van der Waals surface area (Å²) in [6.45, 7) is 2.08. The monoisotopic (exact) mass is 240 g/mol. The maximum atomic E-state index is 11.3. The molecule has 0 bridgehead atoms. The average Bonchev–Trinajstić information content (AvgIpc) is 3.13. The fourth-order valence-electron chi connectivity index (χ4n) is 2.47. The van der Waals surface area contributed by atoms with Gasteiger partial charge >= 0.3 is 0 Å². The molecule has 3 N–H and O–H groups in total. The lowest BCUT2D eigenvalue weighted by Crippen LogP contribution is -2.44. The highest BCUT2D eigenvalue weighted by molar-refractivity contribution is 5.80. The van der Waals surface area contributed by atoms with Gasteiger partial charge in [-0.05, 0) is 25.7 Å². The summed E-state index contributed by atoms with van der Waals surface area (Å²) < 4.78 is 0. The fraction of sp³-hybridized carbons (Fsp3) is 0.923. The first-order valence-corrected chi connectivity index (χ1v) is 6.90. The Balaban J connectivity index is 1.51. The van der Waals surface area contributed by atoms with E-state index in [4.69, 9.17) is 0 Å². The zero-order valence-corrected chi connectivity index (χ0v) is 10.5. The second-order valence-corrected chi connectivity index (χ2v) is 5.53. The number of amides is 1. The number of carbonyl (C=O) groups is 1. The Kier molecular flexibility index (Phi) is 4.40. The number of nitrogens with one attached hydrogen (secondary N) is 2. The molecule has 0 spiro atoms. The number of rotatable bonds is 6. The van der Waals surface area contributed by atoms with E-state index >= 15 is 0 Å². The van der Waals surface area contributed by atoms with Crippen LogP contribution >= 0.6 is 0 Å². The molecule has 2 rings (SSSR count). The summed E-state index contributed by atoms with van der Waals surface area (Å²) in [7, 11) is 0. The molecule has 0 radical (unpaired) electrons. The van der Waals surface area contributed by atoms with Crippen molar-refractivity contribution in [1.29, 1.82) is 0 Å². The maximum absolute atomic E-state index is 11.3. The Bertz CT molecular complexity index is 258. The molecule has 0 atom stereocenters. The van der Waals surface area contributed by atoms with Crippen molar-refractivity contribution in [3.05, 3.63) is 0 Å². The van der Waals surface area contributed by atoms with Gasteiger partial charge in [-0.3, -0.25) is 4.79 Å². The molecule has 2 aliphatic rings. The molecular formula is C13H24N2O2. The van der Waals surface area contributed by atoms with Crippen LogP contribution in [-0.2, 0) is 4.79 Å². The summed E-state index contributed by atoms with van der Waals surface area (Å²) in [5, 5.41) is 16.4. The number of hydrogen-bond donors (Lipinski definition) is 3. The molecule has 98 valence electrons. The van der Waals surface area contributed by atoms with Crippen molar-refractivity contribution in [3.63, 3.8) is 0 Å². The SMILES string of the molecule is O=C(NCCNCC1(O)CCCCC1)C1CC1. The van der Waals surface area contributed by atoms with E-state index < -0.39 is 5.60 Å². The summed E-state index contributed by atoms with van der Waals surface area (Å²) in [4.78, 5) is 11.3. The van der Waals surface area contributed by atoms with Crippen LogP contribution in [0, 0.1) is 5.92 Å². The van der Waals surface area contributed by atoms with Gasteiger partial charge in [0.25, 0.3) is 0 Å². The van der Waals surface area contributed by atoms with E-state index in [1.807, 2.05) is 0 Å². The third-order valence-electron chi connectivity index (χ3n) is 3.79. The van der Waals surface area contributed by atoms with Gasteiger partial charge in [0, 0.05) is 25.6 Å². The van der Waals surface area contributed by atoms with Crippen molar-refractivity contribution in [1.82, 2.24) is 10.6 Å². The Hall–Kier alpha value is -0.610. The first kappa shape index (κ1) is 12.8. The highest BCUT2D eigenvalue weighted by Crippen LogP contribution is 2.28. The molecule has 0 aromatic rings. The predicted molar refractivity (Wildman–Crippen MR) is 66.6 cm³/mol. The minimum absolute atomic E-state index is 0.197. The molecular weight excluding hydrogens is 216 g/mol. The van der Waals surface area contributed by atoms with Crippen molar-refractivity contribution < 1.29 is 9.90 Å². The van der Waals surface area contributed by atoms with E-state index in [1.54, 1.807) is 0 Å². The molecule has 1 amide bonds. The topological polar surface area (TPSA) is 61.4 Å². The smallest absolute Gasteiger partial charge is 0.223 e. The first-order chi connectivity index (χ1) is 8.20. The molecule has 0 aromatic carbocycles. The molecule has 2 aliphatic carbocycles. The summed E-state index contributed by atoms with van der Waals surface area (Å²) in [6, 6.07) is 0. The van der Waals surface area contributed by atoms with Gasteiger partial charge in [-0.25, -0.2) is 0 Å². The van der Waals surface area contributed by atoms with Crippen molar-refractivity contribution >= 4 is 5.91 Å². The standard InChI is InChI=1S/C13H24N2O2/c16-12(11-4-5-11)15-9-8-14-10-13(17)6-2-1-3-7-13/h11,14,17H,1-10H2,(H,15,16). The molecule has 4 heteroatoms. The highest BCUT2D eigenvalue weighted by atomic mass is 16.3. The van der Waals surface area contributed by atoms with Crippen LogP contribution in [0.4, 0.5) is 0 Å². The van der Waals surface area contributed by atoms with E-state index in [-0.39, 0.29) is 11.8 Å². The Morgan fingerprint density at radius 3 is 2.53 bits per heavy atom. The lowest BCUT2D eigenvalue weighted by Gasteiger charge is -2.32. The van der Waals surface area contributed by atoms with E-state index in [2.05, 4.69) is 10.6 Å². The lowest BCUT2D eigenvalue weighted by atomic mass is 9.85. The van der Waals surface area contributed by atoms with E-state index in [0.29, 0.717) is 13.1 Å². The first-order valence-electron chi connectivity index (χ1n) is 6.90. The van der Waals surface area contributed by atoms with Crippen LogP contribution in [0.3, 0.4) is 0 Å². The molecule has 0 heterocycles. The zero-order chi connectivity index (χ0) is 12.1. The Morgan fingerprint density at radius 1 is 1.18 bits per heavy atom. The normalized spacial score (nSPS) is 23.4. The molecule has 2 saturated carbocycles. The minimum Gasteiger partial charge on any atom is -0.389 e. The van der Waals surface area contributed by atoms with Crippen LogP contribution in [-0.4, -0.2) is 36.2 Å². The van der Waals surface area contributed by atoms with Crippen molar-refractivity contribution in [3.8, 4) is 0 Å². The average molecular weight is 240 g/mol. The number of carbonyl (C=O) groups excluding carboxylic acids is 1. The van der Waals surface area contributed by atoms with Crippen molar-refractivity contribution in [2.24, 2.45) is 5.92 Å². The van der Waals surface area contributed by atoms with Gasteiger partial charge in [0.1, 0.15) is 0 Å². The van der Waals surface area contributed by atoms with Gasteiger partial charge in [-0.1, -0.05) is 19.3 Å². The molecule has 0 unspecified atom stereocenters. The van der Waals surface area contributed by atoms with Gasteiger partial charge in [0.2, 0.25) is 5.91 Å². The summed E-state index contributed by atoms with van der Waals surface area (Å²) in [5.41, 5.74) is -0.501. The van der Waals surface area contributed by atoms with Gasteiger partial charge in [0.15, 0.2) is 0 Å². The quantitative estimate of drug-likeness (QED) is 0.602.